The molecule has 1 aromatic heterocycles. The van der Waals surface area contributed by atoms with Gasteiger partial charge in [0.1, 0.15) is 5.75 Å². The van der Waals surface area contributed by atoms with Crippen LogP contribution in [0.15, 0.2) is 54.7 Å². The number of methoxy groups -OCH3 is 1. The Morgan fingerprint density at radius 3 is 2.71 bits per heavy atom. The van der Waals surface area contributed by atoms with Crippen LogP contribution in [0.25, 0.3) is 10.9 Å². The van der Waals surface area contributed by atoms with Crippen LogP contribution in [-0.4, -0.2) is 17.5 Å². The number of benzene rings is 2. The Hall–Kier alpha value is -2.55. The molecule has 3 nitrogen and oxygen atoms in total. The molecule has 0 unspecified atom stereocenters. The Bertz CT molecular complexity index is 802. The Kier molecular flexibility index (Phi) is 3.48. The molecule has 106 valence electrons. The molecule has 21 heavy (non-hydrogen) atoms. The van der Waals surface area contributed by atoms with E-state index in [1.807, 2.05) is 66.2 Å². The third kappa shape index (κ3) is 2.55. The SMILES string of the molecule is COc1ccc2c(ccn2CC(=O)c2ccccc2C)c1. The molecule has 0 fully saturated rings. The Morgan fingerprint density at radius 1 is 1.14 bits per heavy atom. The second-order valence-corrected chi connectivity index (χ2v) is 5.11. The first-order valence-corrected chi connectivity index (χ1v) is 6.91. The highest BCUT2D eigenvalue weighted by Gasteiger charge is 2.11. The topological polar surface area (TPSA) is 31.2 Å². The van der Waals surface area contributed by atoms with E-state index in [0.717, 1.165) is 27.8 Å². The average Bonchev–Trinajstić information content (AvgIpc) is 2.89. The number of carbonyl (C=O) groups is 1. The number of rotatable bonds is 4. The maximum atomic E-state index is 12.5. The summed E-state index contributed by atoms with van der Waals surface area (Å²) in [4.78, 5) is 12.5. The molecule has 0 saturated heterocycles. The molecule has 3 rings (SSSR count). The summed E-state index contributed by atoms with van der Waals surface area (Å²) in [7, 11) is 1.65. The van der Waals surface area contributed by atoms with Gasteiger partial charge in [-0.3, -0.25) is 4.79 Å². The Balaban J connectivity index is 1.92. The second kappa shape index (κ2) is 5.44. The molecular formula is C18H17NO2. The summed E-state index contributed by atoms with van der Waals surface area (Å²) < 4.78 is 7.20. The van der Waals surface area contributed by atoms with E-state index in [4.69, 9.17) is 4.74 Å². The van der Waals surface area contributed by atoms with Crippen LogP contribution in [-0.2, 0) is 6.54 Å². The number of hydrogen-bond donors (Lipinski definition) is 0. The molecule has 0 saturated carbocycles. The van der Waals surface area contributed by atoms with Gasteiger partial charge in [0, 0.05) is 22.7 Å². The maximum absolute atomic E-state index is 12.5. The maximum Gasteiger partial charge on any atom is 0.182 e. The lowest BCUT2D eigenvalue weighted by molar-refractivity contribution is 0.0973. The van der Waals surface area contributed by atoms with Crippen molar-refractivity contribution in [2.75, 3.05) is 7.11 Å². The minimum Gasteiger partial charge on any atom is -0.497 e. The number of hydrogen-bond acceptors (Lipinski definition) is 2. The highest BCUT2D eigenvalue weighted by atomic mass is 16.5. The molecule has 2 aromatic carbocycles. The van der Waals surface area contributed by atoms with Gasteiger partial charge in [-0.1, -0.05) is 24.3 Å². The molecule has 1 heterocycles. The summed E-state index contributed by atoms with van der Waals surface area (Å²) in [6.07, 6.45) is 1.94. The quantitative estimate of drug-likeness (QED) is 0.679. The molecule has 0 aliphatic heterocycles. The summed E-state index contributed by atoms with van der Waals surface area (Å²) in [6.45, 7) is 2.31. The van der Waals surface area contributed by atoms with Crippen LogP contribution in [0.4, 0.5) is 0 Å². The molecule has 0 radical (unpaired) electrons. The highest BCUT2D eigenvalue weighted by molar-refractivity contribution is 5.98. The fourth-order valence-corrected chi connectivity index (χ4v) is 2.57. The van der Waals surface area contributed by atoms with E-state index in [1.165, 1.54) is 0 Å². The highest BCUT2D eigenvalue weighted by Crippen LogP contribution is 2.22. The van der Waals surface area contributed by atoms with Gasteiger partial charge in [0.2, 0.25) is 0 Å². The number of ether oxygens (including phenoxy) is 1. The van der Waals surface area contributed by atoms with Crippen molar-refractivity contribution in [1.29, 1.82) is 0 Å². The summed E-state index contributed by atoms with van der Waals surface area (Å²) in [5.74, 6) is 0.951. The van der Waals surface area contributed by atoms with Crippen LogP contribution in [0.2, 0.25) is 0 Å². The fraction of sp³-hybridized carbons (Fsp3) is 0.167. The van der Waals surface area contributed by atoms with Crippen LogP contribution in [0.3, 0.4) is 0 Å². The van der Waals surface area contributed by atoms with Gasteiger partial charge in [-0.05, 0) is 36.8 Å². The van der Waals surface area contributed by atoms with E-state index in [-0.39, 0.29) is 5.78 Å². The smallest absolute Gasteiger partial charge is 0.182 e. The average molecular weight is 279 g/mol. The first kappa shape index (κ1) is 13.4. The molecule has 0 atom stereocenters. The lowest BCUT2D eigenvalue weighted by Crippen LogP contribution is -2.10. The van der Waals surface area contributed by atoms with Gasteiger partial charge in [0.25, 0.3) is 0 Å². The zero-order valence-corrected chi connectivity index (χ0v) is 12.2. The minimum atomic E-state index is 0.126. The number of carbonyl (C=O) groups excluding carboxylic acids is 1. The lowest BCUT2D eigenvalue weighted by atomic mass is 10.1. The van der Waals surface area contributed by atoms with Crippen LogP contribution < -0.4 is 4.74 Å². The van der Waals surface area contributed by atoms with Crippen molar-refractivity contribution >= 4 is 16.7 Å². The van der Waals surface area contributed by atoms with E-state index in [2.05, 4.69) is 0 Å². The Morgan fingerprint density at radius 2 is 1.95 bits per heavy atom. The Labute approximate surface area is 123 Å². The van der Waals surface area contributed by atoms with E-state index < -0.39 is 0 Å². The zero-order chi connectivity index (χ0) is 14.8. The zero-order valence-electron chi connectivity index (χ0n) is 12.2. The van der Waals surface area contributed by atoms with E-state index in [1.54, 1.807) is 7.11 Å². The van der Waals surface area contributed by atoms with Gasteiger partial charge in [-0.15, -0.1) is 0 Å². The van der Waals surface area contributed by atoms with E-state index in [9.17, 15) is 4.79 Å². The molecule has 0 bridgehead atoms. The minimum absolute atomic E-state index is 0.126. The summed E-state index contributed by atoms with van der Waals surface area (Å²) >= 11 is 0. The largest absolute Gasteiger partial charge is 0.497 e. The van der Waals surface area contributed by atoms with Crippen LogP contribution in [0, 0.1) is 6.92 Å². The molecule has 0 spiro atoms. The van der Waals surface area contributed by atoms with Crippen molar-refractivity contribution in [3.8, 4) is 5.75 Å². The van der Waals surface area contributed by atoms with Gasteiger partial charge in [-0.25, -0.2) is 0 Å². The molecule has 3 aromatic rings. The number of aryl methyl sites for hydroxylation is 1. The van der Waals surface area contributed by atoms with Crippen molar-refractivity contribution in [3.63, 3.8) is 0 Å². The number of nitrogens with zero attached hydrogens (tertiary/aromatic N) is 1. The third-order valence-corrected chi connectivity index (χ3v) is 3.74. The van der Waals surface area contributed by atoms with Gasteiger partial charge < -0.3 is 9.30 Å². The number of aromatic nitrogens is 1. The van der Waals surface area contributed by atoms with Crippen LogP contribution >= 0.6 is 0 Å². The first-order valence-electron chi connectivity index (χ1n) is 6.91. The number of fused-ring (bicyclic) bond motifs is 1. The monoisotopic (exact) mass is 279 g/mol. The number of ketones is 1. The lowest BCUT2D eigenvalue weighted by Gasteiger charge is -2.07. The van der Waals surface area contributed by atoms with E-state index >= 15 is 0 Å². The summed E-state index contributed by atoms with van der Waals surface area (Å²) in [5, 5.41) is 1.08. The molecule has 3 heteroatoms. The normalized spacial score (nSPS) is 10.8. The molecular weight excluding hydrogens is 262 g/mol. The predicted molar refractivity (Wildman–Crippen MR) is 84.0 cm³/mol. The van der Waals surface area contributed by atoms with Gasteiger partial charge in [-0.2, -0.15) is 0 Å². The van der Waals surface area contributed by atoms with Crippen molar-refractivity contribution in [1.82, 2.24) is 4.57 Å². The first-order chi connectivity index (χ1) is 10.2. The van der Waals surface area contributed by atoms with Crippen molar-refractivity contribution in [3.05, 3.63) is 65.9 Å². The molecule has 0 N–H and O–H groups in total. The van der Waals surface area contributed by atoms with Crippen molar-refractivity contribution in [2.45, 2.75) is 13.5 Å². The molecule has 0 aliphatic carbocycles. The summed E-state index contributed by atoms with van der Waals surface area (Å²) in [5.41, 5.74) is 2.84. The number of Topliss-reactive ketones (excluding diaryl/α,β-unsaturated/α-hetero) is 1. The third-order valence-electron chi connectivity index (χ3n) is 3.74. The van der Waals surface area contributed by atoms with E-state index in [0.29, 0.717) is 6.54 Å². The fourth-order valence-electron chi connectivity index (χ4n) is 2.57. The predicted octanol–water partition coefficient (Wildman–Crippen LogP) is 3.84. The van der Waals surface area contributed by atoms with Gasteiger partial charge in [0.05, 0.1) is 13.7 Å². The van der Waals surface area contributed by atoms with Gasteiger partial charge >= 0.3 is 0 Å². The standard InChI is InChI=1S/C18H17NO2/c1-13-5-3-4-6-16(13)18(20)12-19-10-9-14-11-15(21-2)7-8-17(14)19/h3-11H,12H2,1-2H3. The second-order valence-electron chi connectivity index (χ2n) is 5.11. The van der Waals surface area contributed by atoms with Crippen molar-refractivity contribution in [2.24, 2.45) is 0 Å². The molecule has 0 amide bonds. The van der Waals surface area contributed by atoms with Crippen LogP contribution in [0.5, 0.6) is 5.75 Å². The van der Waals surface area contributed by atoms with Crippen LogP contribution in [0.1, 0.15) is 15.9 Å². The molecule has 0 aliphatic rings. The summed E-state index contributed by atoms with van der Waals surface area (Å²) in [6, 6.07) is 15.6. The van der Waals surface area contributed by atoms with Crippen molar-refractivity contribution < 1.29 is 9.53 Å². The van der Waals surface area contributed by atoms with Gasteiger partial charge in [0.15, 0.2) is 5.78 Å².